The third kappa shape index (κ3) is 2.65. The molecule has 0 saturated heterocycles. The van der Waals surface area contributed by atoms with Crippen molar-refractivity contribution >= 4 is 22.7 Å². The second kappa shape index (κ2) is 4.88. The summed E-state index contributed by atoms with van der Waals surface area (Å²) < 4.78 is 19.8. The summed E-state index contributed by atoms with van der Waals surface area (Å²) in [4.78, 5) is 11.3. The van der Waals surface area contributed by atoms with E-state index in [1.807, 2.05) is 0 Å². The summed E-state index contributed by atoms with van der Waals surface area (Å²) in [5.74, 6) is -0.178. The van der Waals surface area contributed by atoms with Gasteiger partial charge in [-0.2, -0.15) is 0 Å². The average molecular weight is 213 g/mol. The second-order valence-electron chi connectivity index (χ2n) is 2.65. The summed E-state index contributed by atoms with van der Waals surface area (Å²) >= 11 is -2.07. The summed E-state index contributed by atoms with van der Waals surface area (Å²) in [6.07, 6.45) is 0.340. The molecule has 0 aromatic heterocycles. The summed E-state index contributed by atoms with van der Waals surface area (Å²) in [7, 11) is 0. The van der Waals surface area contributed by atoms with Gasteiger partial charge in [-0.3, -0.25) is 4.79 Å². The van der Waals surface area contributed by atoms with Crippen LogP contribution >= 0.6 is 0 Å². The van der Waals surface area contributed by atoms with Crippen LogP contribution < -0.4 is 5.32 Å². The molecule has 0 radical (unpaired) electrons. The number of rotatable bonds is 3. The molecule has 0 aliphatic heterocycles. The van der Waals surface area contributed by atoms with Crippen molar-refractivity contribution in [1.82, 2.24) is 0 Å². The van der Waals surface area contributed by atoms with Crippen molar-refractivity contribution in [3.63, 3.8) is 0 Å². The van der Waals surface area contributed by atoms with Gasteiger partial charge in [0.05, 0.1) is 10.6 Å². The Morgan fingerprint density at radius 2 is 2.14 bits per heavy atom. The molecular formula is C9H11NO3S. The molecule has 76 valence electrons. The Kier molecular flexibility index (Phi) is 3.79. The lowest BCUT2D eigenvalue weighted by atomic mass is 10.3. The van der Waals surface area contributed by atoms with Gasteiger partial charge in [0, 0.05) is 6.42 Å². The highest BCUT2D eigenvalue weighted by Crippen LogP contribution is 2.17. The van der Waals surface area contributed by atoms with Crippen LogP contribution in [-0.2, 0) is 15.9 Å². The average Bonchev–Trinajstić information content (AvgIpc) is 2.18. The SMILES string of the molecule is CCC(=O)Nc1ccccc1S(=O)O. The first-order valence-corrected chi connectivity index (χ1v) is 5.25. The number of nitrogens with one attached hydrogen (secondary N) is 1. The first-order valence-electron chi connectivity index (χ1n) is 4.15. The van der Waals surface area contributed by atoms with Gasteiger partial charge < -0.3 is 9.87 Å². The Morgan fingerprint density at radius 1 is 1.50 bits per heavy atom. The Hall–Kier alpha value is -1.20. The lowest BCUT2D eigenvalue weighted by molar-refractivity contribution is -0.115. The summed E-state index contributed by atoms with van der Waals surface area (Å²) in [5, 5.41) is 2.55. The number of hydrogen-bond donors (Lipinski definition) is 2. The molecule has 1 atom stereocenters. The van der Waals surface area contributed by atoms with Crippen molar-refractivity contribution in [3.05, 3.63) is 24.3 Å². The highest BCUT2D eigenvalue weighted by molar-refractivity contribution is 7.79. The molecule has 0 heterocycles. The predicted molar refractivity (Wildman–Crippen MR) is 54.4 cm³/mol. The summed E-state index contributed by atoms with van der Waals surface area (Å²) in [5.41, 5.74) is 0.389. The van der Waals surface area contributed by atoms with E-state index in [1.165, 1.54) is 6.07 Å². The van der Waals surface area contributed by atoms with Gasteiger partial charge in [0.15, 0.2) is 11.1 Å². The molecule has 1 unspecified atom stereocenters. The van der Waals surface area contributed by atoms with Crippen molar-refractivity contribution in [3.8, 4) is 0 Å². The van der Waals surface area contributed by atoms with Gasteiger partial charge in [0.1, 0.15) is 0 Å². The highest BCUT2D eigenvalue weighted by atomic mass is 32.2. The van der Waals surface area contributed by atoms with Gasteiger partial charge in [-0.15, -0.1) is 0 Å². The van der Waals surface area contributed by atoms with Crippen LogP contribution in [0.5, 0.6) is 0 Å². The fourth-order valence-electron chi connectivity index (χ4n) is 0.961. The van der Waals surface area contributed by atoms with Crippen molar-refractivity contribution < 1.29 is 13.6 Å². The zero-order valence-corrected chi connectivity index (χ0v) is 8.50. The molecule has 4 nitrogen and oxygen atoms in total. The van der Waals surface area contributed by atoms with E-state index in [0.717, 1.165) is 0 Å². The molecule has 0 spiro atoms. The van der Waals surface area contributed by atoms with E-state index in [0.29, 0.717) is 12.1 Å². The minimum Gasteiger partial charge on any atom is -0.325 e. The first kappa shape index (κ1) is 10.9. The summed E-state index contributed by atoms with van der Waals surface area (Å²) in [6.45, 7) is 1.72. The fraction of sp³-hybridized carbons (Fsp3) is 0.222. The third-order valence-electron chi connectivity index (χ3n) is 1.67. The van der Waals surface area contributed by atoms with Crippen LogP contribution in [0.25, 0.3) is 0 Å². The van der Waals surface area contributed by atoms with Crippen LogP contribution in [-0.4, -0.2) is 14.7 Å². The van der Waals surface area contributed by atoms with E-state index in [1.54, 1.807) is 25.1 Å². The van der Waals surface area contributed by atoms with Crippen molar-refractivity contribution in [1.29, 1.82) is 0 Å². The van der Waals surface area contributed by atoms with Crippen LogP contribution in [0.3, 0.4) is 0 Å². The van der Waals surface area contributed by atoms with Gasteiger partial charge in [0.25, 0.3) is 0 Å². The topological polar surface area (TPSA) is 66.4 Å². The van der Waals surface area contributed by atoms with Crippen LogP contribution in [0.15, 0.2) is 29.2 Å². The van der Waals surface area contributed by atoms with Crippen molar-refractivity contribution in [2.75, 3.05) is 5.32 Å². The van der Waals surface area contributed by atoms with Crippen LogP contribution in [0.2, 0.25) is 0 Å². The first-order chi connectivity index (χ1) is 6.65. The molecule has 0 bridgehead atoms. The normalized spacial score (nSPS) is 12.1. The zero-order chi connectivity index (χ0) is 10.6. The van der Waals surface area contributed by atoms with Crippen molar-refractivity contribution in [2.45, 2.75) is 18.2 Å². The molecule has 1 aromatic carbocycles. The van der Waals surface area contributed by atoms with Gasteiger partial charge in [-0.1, -0.05) is 19.1 Å². The smallest absolute Gasteiger partial charge is 0.224 e. The molecule has 0 saturated carbocycles. The lowest BCUT2D eigenvalue weighted by Crippen LogP contribution is -2.11. The van der Waals surface area contributed by atoms with Gasteiger partial charge in [-0.05, 0) is 12.1 Å². The second-order valence-corrected chi connectivity index (χ2v) is 3.59. The van der Waals surface area contributed by atoms with Gasteiger partial charge in [-0.25, -0.2) is 4.21 Å². The molecular weight excluding hydrogens is 202 g/mol. The molecule has 0 fully saturated rings. The predicted octanol–water partition coefficient (Wildman–Crippen LogP) is 1.62. The molecule has 0 aliphatic carbocycles. The van der Waals surface area contributed by atoms with Crippen LogP contribution in [0, 0.1) is 0 Å². The number of para-hydroxylation sites is 1. The number of benzene rings is 1. The Balaban J connectivity index is 2.95. The van der Waals surface area contributed by atoms with E-state index in [9.17, 15) is 9.00 Å². The van der Waals surface area contributed by atoms with Crippen LogP contribution in [0.4, 0.5) is 5.69 Å². The molecule has 2 N–H and O–H groups in total. The molecule has 1 rings (SSSR count). The van der Waals surface area contributed by atoms with Crippen molar-refractivity contribution in [2.24, 2.45) is 0 Å². The molecule has 0 aliphatic rings. The standard InChI is InChI=1S/C9H11NO3S/c1-2-9(11)10-7-5-3-4-6-8(7)14(12)13/h3-6H,2H2,1H3,(H,10,11)(H,12,13). The number of hydrogen-bond acceptors (Lipinski definition) is 2. The lowest BCUT2D eigenvalue weighted by Gasteiger charge is -2.06. The zero-order valence-electron chi connectivity index (χ0n) is 7.69. The Morgan fingerprint density at radius 3 is 2.71 bits per heavy atom. The third-order valence-corrected chi connectivity index (χ3v) is 2.40. The number of carbonyl (C=O) groups excluding carboxylic acids is 1. The maximum absolute atomic E-state index is 11.1. The van der Waals surface area contributed by atoms with E-state index >= 15 is 0 Å². The molecule has 5 heteroatoms. The molecule has 1 aromatic rings. The number of amides is 1. The monoisotopic (exact) mass is 213 g/mol. The quantitative estimate of drug-likeness (QED) is 0.750. The van der Waals surface area contributed by atoms with Gasteiger partial charge in [0.2, 0.25) is 5.91 Å². The number of anilines is 1. The number of carbonyl (C=O) groups is 1. The molecule has 1 amide bonds. The van der Waals surface area contributed by atoms with E-state index < -0.39 is 11.1 Å². The minimum atomic E-state index is -2.07. The van der Waals surface area contributed by atoms with E-state index in [-0.39, 0.29) is 10.8 Å². The maximum atomic E-state index is 11.1. The Labute approximate surface area is 84.6 Å². The fourth-order valence-corrected chi connectivity index (χ4v) is 1.46. The van der Waals surface area contributed by atoms with E-state index in [4.69, 9.17) is 4.55 Å². The van der Waals surface area contributed by atoms with Crippen LogP contribution in [0.1, 0.15) is 13.3 Å². The molecule has 14 heavy (non-hydrogen) atoms. The van der Waals surface area contributed by atoms with Gasteiger partial charge >= 0.3 is 0 Å². The Bertz CT molecular complexity index is 365. The maximum Gasteiger partial charge on any atom is 0.224 e. The summed E-state index contributed by atoms with van der Waals surface area (Å²) in [6, 6.07) is 6.44. The highest BCUT2D eigenvalue weighted by Gasteiger charge is 2.08. The largest absolute Gasteiger partial charge is 0.325 e. The minimum absolute atomic E-state index is 0.178. The van der Waals surface area contributed by atoms with E-state index in [2.05, 4.69) is 5.32 Å².